The van der Waals surface area contributed by atoms with E-state index in [1.54, 1.807) is 6.08 Å². The van der Waals surface area contributed by atoms with Gasteiger partial charge in [-0.05, 0) is 61.1 Å². The Morgan fingerprint density at radius 3 is 1.90 bits per heavy atom. The smallest absolute Gasteiger partial charge is 0.184 e. The van der Waals surface area contributed by atoms with Gasteiger partial charge in [0.2, 0.25) is 0 Å². The van der Waals surface area contributed by atoms with E-state index in [0.29, 0.717) is 12.8 Å². The fourth-order valence-electron chi connectivity index (χ4n) is 3.25. The van der Waals surface area contributed by atoms with E-state index in [4.69, 9.17) is 0 Å². The molecular weight excluding hydrogens is 383 g/mol. The Bertz CT molecular complexity index is 1010. The SMILES string of the molecule is O=S(=O)(c1ccc(F)cc1)C(/C=C\CCc1ccccc1)CCc1ccccc1. The highest BCUT2D eigenvalue weighted by atomic mass is 32.2. The van der Waals surface area contributed by atoms with Crippen LogP contribution < -0.4 is 0 Å². The summed E-state index contributed by atoms with van der Waals surface area (Å²) in [6, 6.07) is 25.0. The standard InChI is InChI=1S/C25H25FO2S/c26-23-16-19-25(20-17-23)29(27,28)24(18-15-22-11-5-2-6-12-22)14-8-7-13-21-9-3-1-4-10-21/h1-6,8-12,14,16-17,19-20,24H,7,13,15,18H2/b14-8-. The second kappa shape index (κ2) is 10.2. The van der Waals surface area contributed by atoms with Crippen LogP contribution in [0.2, 0.25) is 0 Å². The molecule has 3 aromatic carbocycles. The molecule has 0 N–H and O–H groups in total. The van der Waals surface area contributed by atoms with Crippen molar-refractivity contribution in [1.82, 2.24) is 0 Å². The van der Waals surface area contributed by atoms with Crippen molar-refractivity contribution in [2.45, 2.75) is 35.8 Å². The van der Waals surface area contributed by atoms with Crippen molar-refractivity contribution in [3.63, 3.8) is 0 Å². The molecule has 0 saturated carbocycles. The zero-order valence-electron chi connectivity index (χ0n) is 16.2. The number of benzene rings is 3. The van der Waals surface area contributed by atoms with Crippen molar-refractivity contribution >= 4 is 9.84 Å². The molecule has 0 fully saturated rings. The molecule has 2 nitrogen and oxygen atoms in total. The van der Waals surface area contributed by atoms with Crippen LogP contribution in [-0.2, 0) is 22.7 Å². The lowest BCUT2D eigenvalue weighted by molar-refractivity contribution is 0.582. The molecule has 0 aromatic heterocycles. The molecule has 0 amide bonds. The average molecular weight is 409 g/mol. The number of rotatable bonds is 9. The third-order valence-corrected chi connectivity index (χ3v) is 7.01. The first-order chi connectivity index (χ1) is 14.1. The van der Waals surface area contributed by atoms with Gasteiger partial charge in [0, 0.05) is 0 Å². The van der Waals surface area contributed by atoms with Crippen LogP contribution in [0.15, 0.2) is 102 Å². The summed E-state index contributed by atoms with van der Waals surface area (Å²) in [4.78, 5) is 0.157. The molecule has 29 heavy (non-hydrogen) atoms. The lowest BCUT2D eigenvalue weighted by atomic mass is 10.1. The molecule has 1 unspecified atom stereocenters. The zero-order chi connectivity index (χ0) is 20.5. The summed E-state index contributed by atoms with van der Waals surface area (Å²) in [5.41, 5.74) is 2.32. The van der Waals surface area contributed by atoms with E-state index in [9.17, 15) is 12.8 Å². The van der Waals surface area contributed by atoms with Gasteiger partial charge in [0.1, 0.15) is 5.82 Å². The predicted molar refractivity (Wildman–Crippen MR) is 116 cm³/mol. The summed E-state index contributed by atoms with van der Waals surface area (Å²) >= 11 is 0. The number of hydrogen-bond donors (Lipinski definition) is 0. The minimum absolute atomic E-state index is 0.157. The van der Waals surface area contributed by atoms with Gasteiger partial charge in [-0.15, -0.1) is 0 Å². The number of allylic oxidation sites excluding steroid dienone is 1. The molecule has 0 radical (unpaired) electrons. The third-order valence-electron chi connectivity index (χ3n) is 4.89. The maximum atomic E-state index is 13.2. The molecule has 3 aromatic rings. The van der Waals surface area contributed by atoms with E-state index < -0.39 is 20.9 Å². The normalized spacial score (nSPS) is 12.9. The first kappa shape index (κ1) is 21.0. The summed E-state index contributed by atoms with van der Waals surface area (Å²) < 4.78 is 39.6. The Morgan fingerprint density at radius 2 is 1.31 bits per heavy atom. The maximum Gasteiger partial charge on any atom is 0.184 e. The topological polar surface area (TPSA) is 34.1 Å². The van der Waals surface area contributed by atoms with E-state index in [2.05, 4.69) is 12.1 Å². The quantitative estimate of drug-likeness (QED) is 0.332. The fourth-order valence-corrected chi connectivity index (χ4v) is 4.86. The molecule has 150 valence electrons. The van der Waals surface area contributed by atoms with Gasteiger partial charge in [-0.1, -0.05) is 72.8 Å². The Balaban J connectivity index is 1.74. The first-order valence-electron chi connectivity index (χ1n) is 9.80. The summed E-state index contributed by atoms with van der Waals surface area (Å²) in [7, 11) is -3.59. The van der Waals surface area contributed by atoms with Crippen LogP contribution in [0, 0.1) is 5.82 Å². The van der Waals surface area contributed by atoms with Crippen LogP contribution in [0.1, 0.15) is 24.0 Å². The number of aryl methyl sites for hydroxylation is 2. The monoisotopic (exact) mass is 408 g/mol. The molecule has 1 atom stereocenters. The Morgan fingerprint density at radius 1 is 0.759 bits per heavy atom. The summed E-state index contributed by atoms with van der Waals surface area (Å²) in [6.45, 7) is 0. The molecule has 0 bridgehead atoms. The lowest BCUT2D eigenvalue weighted by Crippen LogP contribution is -2.20. The number of sulfone groups is 1. The largest absolute Gasteiger partial charge is 0.223 e. The fraction of sp³-hybridized carbons (Fsp3) is 0.200. The van der Waals surface area contributed by atoms with Gasteiger partial charge >= 0.3 is 0 Å². The van der Waals surface area contributed by atoms with E-state index in [1.165, 1.54) is 29.8 Å². The highest BCUT2D eigenvalue weighted by Crippen LogP contribution is 2.22. The summed E-state index contributed by atoms with van der Waals surface area (Å²) in [6.07, 6.45) is 6.51. The van der Waals surface area contributed by atoms with Crippen LogP contribution in [0.25, 0.3) is 0 Å². The second-order valence-corrected chi connectivity index (χ2v) is 9.18. The lowest BCUT2D eigenvalue weighted by Gasteiger charge is -2.15. The average Bonchev–Trinajstić information content (AvgIpc) is 2.75. The third kappa shape index (κ3) is 6.13. The summed E-state index contributed by atoms with van der Waals surface area (Å²) in [5.74, 6) is -0.441. The van der Waals surface area contributed by atoms with Crippen LogP contribution in [0.5, 0.6) is 0 Å². The van der Waals surface area contributed by atoms with Crippen LogP contribution >= 0.6 is 0 Å². The first-order valence-corrected chi connectivity index (χ1v) is 11.3. The van der Waals surface area contributed by atoms with Gasteiger partial charge in [0.15, 0.2) is 9.84 Å². The highest BCUT2D eigenvalue weighted by Gasteiger charge is 2.25. The Hall–Kier alpha value is -2.72. The van der Waals surface area contributed by atoms with Crippen LogP contribution in [0.4, 0.5) is 4.39 Å². The van der Waals surface area contributed by atoms with Crippen molar-refractivity contribution in [2.75, 3.05) is 0 Å². The number of halogens is 1. The molecule has 0 saturated heterocycles. The molecule has 4 heteroatoms. The second-order valence-electron chi connectivity index (χ2n) is 7.01. The van der Waals surface area contributed by atoms with Crippen LogP contribution in [-0.4, -0.2) is 13.7 Å². The molecule has 0 aliphatic carbocycles. The van der Waals surface area contributed by atoms with Gasteiger partial charge in [-0.2, -0.15) is 0 Å². The highest BCUT2D eigenvalue weighted by molar-refractivity contribution is 7.92. The zero-order valence-corrected chi connectivity index (χ0v) is 17.1. The van der Waals surface area contributed by atoms with Crippen molar-refractivity contribution in [3.05, 3.63) is 114 Å². The van der Waals surface area contributed by atoms with Gasteiger partial charge in [-0.25, -0.2) is 12.8 Å². The molecular formula is C25H25FO2S. The van der Waals surface area contributed by atoms with E-state index >= 15 is 0 Å². The predicted octanol–water partition coefficient (Wildman–Crippen LogP) is 5.79. The van der Waals surface area contributed by atoms with Crippen molar-refractivity contribution in [3.8, 4) is 0 Å². The van der Waals surface area contributed by atoms with Crippen LogP contribution in [0.3, 0.4) is 0 Å². The van der Waals surface area contributed by atoms with Gasteiger partial charge in [-0.3, -0.25) is 0 Å². The number of hydrogen-bond acceptors (Lipinski definition) is 2. The van der Waals surface area contributed by atoms with Crippen molar-refractivity contribution in [2.24, 2.45) is 0 Å². The molecule has 3 rings (SSSR count). The van der Waals surface area contributed by atoms with E-state index in [0.717, 1.165) is 18.4 Å². The van der Waals surface area contributed by atoms with Gasteiger partial charge in [0.25, 0.3) is 0 Å². The van der Waals surface area contributed by atoms with Gasteiger partial charge < -0.3 is 0 Å². The molecule has 0 aliphatic rings. The summed E-state index contributed by atoms with van der Waals surface area (Å²) in [5, 5.41) is -0.649. The maximum absolute atomic E-state index is 13.2. The molecule has 0 heterocycles. The van der Waals surface area contributed by atoms with Gasteiger partial charge in [0.05, 0.1) is 10.1 Å². The van der Waals surface area contributed by atoms with E-state index in [-0.39, 0.29) is 4.90 Å². The molecule has 0 spiro atoms. The minimum atomic E-state index is -3.59. The van der Waals surface area contributed by atoms with E-state index in [1.807, 2.05) is 54.6 Å². The Labute approximate surface area is 172 Å². The van der Waals surface area contributed by atoms with Crippen molar-refractivity contribution < 1.29 is 12.8 Å². The molecule has 0 aliphatic heterocycles. The van der Waals surface area contributed by atoms with Crippen molar-refractivity contribution in [1.29, 1.82) is 0 Å². The Kier molecular flexibility index (Phi) is 7.36. The minimum Gasteiger partial charge on any atom is -0.223 e.